The molecule has 0 unspecified atom stereocenters. The van der Waals surface area contributed by atoms with Crippen molar-refractivity contribution in [3.63, 3.8) is 0 Å². The van der Waals surface area contributed by atoms with E-state index in [-0.39, 0.29) is 49.9 Å². The lowest BCUT2D eigenvalue weighted by molar-refractivity contribution is -0.136. The zero-order valence-electron chi connectivity index (χ0n) is 19.0. The number of ketones is 1. The number of para-hydroxylation sites is 3. The lowest BCUT2D eigenvalue weighted by Gasteiger charge is -2.28. The molecule has 10 heteroatoms. The number of rotatable bonds is 4. The van der Waals surface area contributed by atoms with Gasteiger partial charge in [-0.1, -0.05) is 30.3 Å². The van der Waals surface area contributed by atoms with Crippen LogP contribution in [-0.4, -0.2) is 48.3 Å². The lowest BCUT2D eigenvalue weighted by Crippen LogP contribution is -2.42. The minimum absolute atomic E-state index is 0.0152. The molecule has 10 nitrogen and oxygen atoms in total. The number of anilines is 3. The molecule has 3 N–H and O–H groups in total. The van der Waals surface area contributed by atoms with Crippen LogP contribution < -0.4 is 15.5 Å². The number of carboxylic acid groups (broad SMARTS) is 1. The smallest absolute Gasteiger partial charge is 0.310 e. The Morgan fingerprint density at radius 1 is 1.09 bits per heavy atom. The van der Waals surface area contributed by atoms with Crippen molar-refractivity contribution in [2.75, 3.05) is 35.2 Å². The molecular formula is C25H25N5O5. The van der Waals surface area contributed by atoms with Crippen molar-refractivity contribution >= 4 is 40.6 Å². The first kappa shape index (κ1) is 26.6. The van der Waals surface area contributed by atoms with E-state index >= 15 is 0 Å². The fourth-order valence-corrected chi connectivity index (χ4v) is 3.22. The maximum absolute atomic E-state index is 11.9. The van der Waals surface area contributed by atoms with Crippen LogP contribution >= 0.6 is 0 Å². The lowest BCUT2D eigenvalue weighted by atomic mass is 10.0. The monoisotopic (exact) mass is 475 g/mol. The summed E-state index contributed by atoms with van der Waals surface area (Å²) in [6.07, 6.45) is 0.851. The largest absolute Gasteiger partial charge is 0.481 e. The zero-order valence-corrected chi connectivity index (χ0v) is 19.0. The number of carbonyl (C=O) groups is 4. The van der Waals surface area contributed by atoms with Crippen molar-refractivity contribution in [1.82, 2.24) is 0 Å². The van der Waals surface area contributed by atoms with Crippen LogP contribution in [0.1, 0.15) is 24.8 Å². The van der Waals surface area contributed by atoms with Gasteiger partial charge in [0.05, 0.1) is 24.0 Å². The van der Waals surface area contributed by atoms with E-state index in [9.17, 15) is 19.2 Å². The SMILES string of the molecule is N#CCCC(=O)N1CC(=O)Nc2ccccc21.O=C1CNc2ccccc2C1.[C-]#[N+]CCC(=O)O. The summed E-state index contributed by atoms with van der Waals surface area (Å²) in [4.78, 5) is 48.1. The number of hydrogen-bond donors (Lipinski definition) is 3. The normalized spacial score (nSPS) is 12.9. The van der Waals surface area contributed by atoms with Gasteiger partial charge < -0.3 is 25.5 Å². The van der Waals surface area contributed by atoms with Crippen molar-refractivity contribution in [3.05, 3.63) is 65.5 Å². The number of benzene rings is 2. The fraction of sp³-hybridized carbons (Fsp3) is 0.280. The van der Waals surface area contributed by atoms with Gasteiger partial charge in [0.1, 0.15) is 13.0 Å². The fourth-order valence-electron chi connectivity index (χ4n) is 3.22. The summed E-state index contributed by atoms with van der Waals surface area (Å²) >= 11 is 0. The van der Waals surface area contributed by atoms with Gasteiger partial charge in [-0.05, 0) is 23.8 Å². The zero-order chi connectivity index (χ0) is 25.6. The van der Waals surface area contributed by atoms with Crippen LogP contribution in [0.5, 0.6) is 0 Å². The first-order valence-electron chi connectivity index (χ1n) is 10.8. The molecule has 0 bridgehead atoms. The van der Waals surface area contributed by atoms with Crippen molar-refractivity contribution in [3.8, 4) is 6.07 Å². The van der Waals surface area contributed by atoms with E-state index in [2.05, 4.69) is 15.5 Å². The molecule has 2 aliphatic rings. The van der Waals surface area contributed by atoms with Gasteiger partial charge in [-0.3, -0.25) is 19.2 Å². The van der Waals surface area contributed by atoms with E-state index in [0.29, 0.717) is 24.3 Å². The Hall–Kier alpha value is -4.70. The molecule has 0 aliphatic carbocycles. The molecule has 2 heterocycles. The van der Waals surface area contributed by atoms with Crippen LogP contribution in [0.4, 0.5) is 17.1 Å². The van der Waals surface area contributed by atoms with Gasteiger partial charge in [-0.2, -0.15) is 5.26 Å². The Morgan fingerprint density at radius 2 is 1.77 bits per heavy atom. The number of nitrogens with one attached hydrogen (secondary N) is 2. The average Bonchev–Trinajstić information content (AvgIpc) is 2.86. The van der Waals surface area contributed by atoms with E-state index in [1.807, 2.05) is 30.3 Å². The summed E-state index contributed by atoms with van der Waals surface area (Å²) in [5.74, 6) is -1.05. The molecule has 0 aromatic heterocycles. The summed E-state index contributed by atoms with van der Waals surface area (Å²) in [5.41, 5.74) is 3.54. The minimum atomic E-state index is -0.906. The van der Waals surface area contributed by atoms with Crippen LogP contribution in [-0.2, 0) is 25.6 Å². The first-order chi connectivity index (χ1) is 16.8. The average molecular weight is 476 g/mol. The first-order valence-corrected chi connectivity index (χ1v) is 10.8. The Bertz CT molecular complexity index is 1170. The maximum Gasteiger partial charge on any atom is 0.310 e. The van der Waals surface area contributed by atoms with Crippen molar-refractivity contribution in [2.45, 2.75) is 25.7 Å². The molecule has 0 saturated heterocycles. The number of Topliss-reactive ketones (excluding diaryl/α,β-unsaturated/α-hetero) is 1. The Kier molecular flexibility index (Phi) is 10.4. The standard InChI is InChI=1S/C12H11N3O2.C9H9NO.C4H5NO2/c13-7-3-6-12(17)15-8-11(16)14-9-4-1-2-5-10(9)15;11-8-5-7-3-1-2-4-9(7)10-6-8;1-5-3-2-4(6)7/h1-2,4-5H,3,6,8H2,(H,14,16);1-4,10H,5-6H2;2-3H2,(H,6,7). The molecule has 2 aromatic carbocycles. The highest BCUT2D eigenvalue weighted by atomic mass is 16.4. The molecule has 0 atom stereocenters. The van der Waals surface area contributed by atoms with E-state index in [1.165, 1.54) is 4.90 Å². The number of amides is 2. The molecule has 0 spiro atoms. The third-order valence-electron chi connectivity index (χ3n) is 4.84. The summed E-state index contributed by atoms with van der Waals surface area (Å²) in [5, 5.41) is 22.1. The minimum Gasteiger partial charge on any atom is -0.481 e. The van der Waals surface area contributed by atoms with Gasteiger partial charge in [0.2, 0.25) is 18.4 Å². The summed E-state index contributed by atoms with van der Waals surface area (Å²) in [7, 11) is 0. The number of carboxylic acids is 1. The van der Waals surface area contributed by atoms with E-state index in [0.717, 1.165) is 11.3 Å². The van der Waals surface area contributed by atoms with Crippen molar-refractivity contribution in [2.24, 2.45) is 0 Å². The third kappa shape index (κ3) is 8.63. The van der Waals surface area contributed by atoms with Crippen LogP contribution in [0.25, 0.3) is 4.85 Å². The molecule has 2 amide bonds. The number of fused-ring (bicyclic) bond motifs is 2. The number of hydrogen-bond acceptors (Lipinski definition) is 6. The second kappa shape index (κ2) is 13.8. The van der Waals surface area contributed by atoms with E-state index in [1.54, 1.807) is 24.3 Å². The van der Waals surface area contributed by atoms with Gasteiger partial charge >= 0.3 is 5.97 Å². The van der Waals surface area contributed by atoms with E-state index < -0.39 is 5.97 Å². The van der Waals surface area contributed by atoms with Gasteiger partial charge in [0, 0.05) is 24.9 Å². The molecule has 0 radical (unpaired) electrons. The highest BCUT2D eigenvalue weighted by Crippen LogP contribution is 2.29. The Labute approximate surface area is 203 Å². The topological polar surface area (TPSA) is 144 Å². The second-order valence-corrected chi connectivity index (χ2v) is 7.45. The number of nitrogens with zero attached hydrogens (tertiary/aromatic N) is 3. The van der Waals surface area contributed by atoms with E-state index in [4.69, 9.17) is 16.9 Å². The molecule has 2 aliphatic heterocycles. The number of aliphatic carboxylic acids is 1. The summed E-state index contributed by atoms with van der Waals surface area (Å²) in [6, 6.07) is 17.0. The Morgan fingerprint density at radius 3 is 2.43 bits per heavy atom. The van der Waals surface area contributed by atoms with Crippen LogP contribution in [0.2, 0.25) is 0 Å². The molecule has 2 aromatic rings. The second-order valence-electron chi connectivity index (χ2n) is 7.45. The van der Waals surface area contributed by atoms with Crippen LogP contribution in [0, 0.1) is 17.9 Å². The summed E-state index contributed by atoms with van der Waals surface area (Å²) in [6.45, 7) is 6.75. The molecule has 180 valence electrons. The third-order valence-corrected chi connectivity index (χ3v) is 4.84. The quantitative estimate of drug-likeness (QED) is 0.577. The van der Waals surface area contributed by atoms with Crippen LogP contribution in [0.15, 0.2) is 48.5 Å². The number of nitriles is 1. The highest BCUT2D eigenvalue weighted by molar-refractivity contribution is 6.09. The molecule has 35 heavy (non-hydrogen) atoms. The molecular weight excluding hydrogens is 450 g/mol. The van der Waals surface area contributed by atoms with Gasteiger partial charge in [-0.25, -0.2) is 6.57 Å². The predicted molar refractivity (Wildman–Crippen MR) is 130 cm³/mol. The highest BCUT2D eigenvalue weighted by Gasteiger charge is 2.25. The van der Waals surface area contributed by atoms with Crippen molar-refractivity contribution < 1.29 is 24.3 Å². The Balaban J connectivity index is 0.000000206. The summed E-state index contributed by atoms with van der Waals surface area (Å²) < 4.78 is 0. The van der Waals surface area contributed by atoms with Gasteiger partial charge in [0.25, 0.3) is 0 Å². The van der Waals surface area contributed by atoms with Gasteiger partial charge in [0.15, 0.2) is 5.78 Å². The molecule has 4 rings (SSSR count). The van der Waals surface area contributed by atoms with Crippen LogP contribution in [0.3, 0.4) is 0 Å². The predicted octanol–water partition coefficient (Wildman–Crippen LogP) is 2.88. The van der Waals surface area contributed by atoms with Crippen molar-refractivity contribution in [1.29, 1.82) is 5.26 Å². The maximum atomic E-state index is 11.9. The number of carbonyl (C=O) groups excluding carboxylic acids is 3. The van der Waals surface area contributed by atoms with Gasteiger partial charge in [-0.15, -0.1) is 0 Å². The molecule has 0 fully saturated rings. The molecule has 0 saturated carbocycles.